The van der Waals surface area contributed by atoms with E-state index in [2.05, 4.69) is 15.9 Å². The molecule has 0 aromatic heterocycles. The Morgan fingerprint density at radius 3 is 2.67 bits per heavy atom. The zero-order valence-corrected chi connectivity index (χ0v) is 11.1. The van der Waals surface area contributed by atoms with E-state index in [-0.39, 0.29) is 12.2 Å². The van der Waals surface area contributed by atoms with Gasteiger partial charge in [-0.3, -0.25) is 0 Å². The van der Waals surface area contributed by atoms with E-state index in [1.165, 1.54) is 0 Å². The van der Waals surface area contributed by atoms with Crippen LogP contribution in [0.15, 0.2) is 42.5 Å². The zero-order chi connectivity index (χ0) is 13.0. The van der Waals surface area contributed by atoms with Crippen molar-refractivity contribution in [2.24, 2.45) is 0 Å². The Kier molecular flexibility index (Phi) is 4.31. The van der Waals surface area contributed by atoms with Gasteiger partial charge in [0.2, 0.25) is 0 Å². The Morgan fingerprint density at radius 2 is 1.89 bits per heavy atom. The first-order chi connectivity index (χ1) is 8.69. The van der Waals surface area contributed by atoms with Gasteiger partial charge >= 0.3 is 0 Å². The first-order valence-electron chi connectivity index (χ1n) is 5.40. The second-order valence-electron chi connectivity index (χ2n) is 3.81. The molecule has 4 heteroatoms. The van der Waals surface area contributed by atoms with Crippen molar-refractivity contribution in [3.63, 3.8) is 0 Å². The van der Waals surface area contributed by atoms with Gasteiger partial charge in [0.05, 0.1) is 0 Å². The highest BCUT2D eigenvalue weighted by molar-refractivity contribution is 9.08. The van der Waals surface area contributed by atoms with Crippen LogP contribution in [0.1, 0.15) is 11.1 Å². The molecular weight excluding hydrogens is 302 g/mol. The monoisotopic (exact) mass is 312 g/mol. The van der Waals surface area contributed by atoms with E-state index in [1.807, 2.05) is 18.2 Å². The normalized spacial score (nSPS) is 10.4. The summed E-state index contributed by atoms with van der Waals surface area (Å²) in [4.78, 5) is 0. The van der Waals surface area contributed by atoms with Crippen LogP contribution in [0.25, 0.3) is 0 Å². The SMILES string of the molecule is Fc1ccc(F)c(COc2cccc(CBr)c2)c1. The van der Waals surface area contributed by atoms with Crippen LogP contribution >= 0.6 is 15.9 Å². The summed E-state index contributed by atoms with van der Waals surface area (Å²) in [5, 5.41) is 0.721. The lowest BCUT2D eigenvalue weighted by Gasteiger charge is -2.08. The number of halogens is 3. The fourth-order valence-corrected chi connectivity index (χ4v) is 1.88. The minimum Gasteiger partial charge on any atom is -0.489 e. The lowest BCUT2D eigenvalue weighted by atomic mass is 10.2. The second-order valence-corrected chi connectivity index (χ2v) is 4.37. The van der Waals surface area contributed by atoms with Crippen molar-refractivity contribution in [1.29, 1.82) is 0 Å². The maximum absolute atomic E-state index is 13.4. The van der Waals surface area contributed by atoms with Crippen molar-refractivity contribution in [3.05, 3.63) is 65.2 Å². The van der Waals surface area contributed by atoms with E-state index < -0.39 is 11.6 Å². The van der Waals surface area contributed by atoms with Gasteiger partial charge in [-0.2, -0.15) is 0 Å². The van der Waals surface area contributed by atoms with Gasteiger partial charge in [-0.15, -0.1) is 0 Å². The van der Waals surface area contributed by atoms with Crippen molar-refractivity contribution in [1.82, 2.24) is 0 Å². The molecule has 0 N–H and O–H groups in total. The molecule has 0 heterocycles. The Bertz CT molecular complexity index is 543. The van der Waals surface area contributed by atoms with E-state index in [9.17, 15) is 8.78 Å². The predicted octanol–water partition coefficient (Wildman–Crippen LogP) is 4.44. The summed E-state index contributed by atoms with van der Waals surface area (Å²) in [5.41, 5.74) is 1.27. The molecule has 0 atom stereocenters. The van der Waals surface area contributed by atoms with Crippen molar-refractivity contribution in [3.8, 4) is 5.75 Å². The second kappa shape index (κ2) is 5.96. The first kappa shape index (κ1) is 13.0. The molecule has 1 nitrogen and oxygen atoms in total. The van der Waals surface area contributed by atoms with E-state index in [0.717, 1.165) is 29.1 Å². The summed E-state index contributed by atoms with van der Waals surface area (Å²) in [7, 11) is 0. The maximum atomic E-state index is 13.4. The standard InChI is InChI=1S/C14H11BrF2O/c15-8-10-2-1-3-13(6-10)18-9-11-7-12(16)4-5-14(11)17/h1-7H,8-9H2. The topological polar surface area (TPSA) is 9.23 Å². The molecule has 2 aromatic carbocycles. The molecular formula is C14H11BrF2O. The van der Waals surface area contributed by atoms with E-state index in [0.29, 0.717) is 5.75 Å². The van der Waals surface area contributed by atoms with Gasteiger partial charge in [0.25, 0.3) is 0 Å². The van der Waals surface area contributed by atoms with Crippen molar-refractivity contribution in [2.45, 2.75) is 11.9 Å². The smallest absolute Gasteiger partial charge is 0.130 e. The zero-order valence-electron chi connectivity index (χ0n) is 9.50. The van der Waals surface area contributed by atoms with Crippen molar-refractivity contribution in [2.75, 3.05) is 0 Å². The molecule has 94 valence electrons. The summed E-state index contributed by atoms with van der Waals surface area (Å²) in [6.45, 7) is 0.00926. The molecule has 0 spiro atoms. The Balaban J connectivity index is 2.08. The number of ether oxygens (including phenoxy) is 1. The third kappa shape index (κ3) is 3.29. The van der Waals surface area contributed by atoms with Crippen LogP contribution in [-0.4, -0.2) is 0 Å². The molecule has 0 saturated carbocycles. The van der Waals surface area contributed by atoms with Crippen LogP contribution in [0.4, 0.5) is 8.78 Å². The molecule has 0 amide bonds. The number of hydrogen-bond acceptors (Lipinski definition) is 1. The molecule has 0 aliphatic rings. The van der Waals surface area contributed by atoms with Crippen molar-refractivity contribution < 1.29 is 13.5 Å². The minimum atomic E-state index is -0.468. The fourth-order valence-electron chi connectivity index (χ4n) is 1.53. The van der Waals surface area contributed by atoms with Gasteiger partial charge in [-0.1, -0.05) is 28.1 Å². The van der Waals surface area contributed by atoms with Crippen LogP contribution in [0.2, 0.25) is 0 Å². The van der Waals surface area contributed by atoms with Crippen molar-refractivity contribution >= 4 is 15.9 Å². The van der Waals surface area contributed by atoms with Crippen LogP contribution in [0.5, 0.6) is 5.75 Å². The maximum Gasteiger partial charge on any atom is 0.130 e. The predicted molar refractivity (Wildman–Crippen MR) is 69.8 cm³/mol. The highest BCUT2D eigenvalue weighted by atomic mass is 79.9. The molecule has 0 aliphatic heterocycles. The van der Waals surface area contributed by atoms with Gasteiger partial charge in [-0.05, 0) is 35.9 Å². The molecule has 0 bridgehead atoms. The number of alkyl halides is 1. The number of rotatable bonds is 4. The van der Waals surface area contributed by atoms with Gasteiger partial charge in [0.1, 0.15) is 24.0 Å². The average Bonchev–Trinajstić information content (AvgIpc) is 2.40. The average molecular weight is 313 g/mol. The molecule has 2 rings (SSSR count). The molecule has 0 fully saturated rings. The van der Waals surface area contributed by atoms with Gasteiger partial charge in [0.15, 0.2) is 0 Å². The summed E-state index contributed by atoms with van der Waals surface area (Å²) in [6, 6.07) is 10.8. The van der Waals surface area contributed by atoms with E-state index in [1.54, 1.807) is 6.07 Å². The first-order valence-corrected chi connectivity index (χ1v) is 6.53. The molecule has 0 saturated heterocycles. The highest BCUT2D eigenvalue weighted by Gasteiger charge is 2.05. The van der Waals surface area contributed by atoms with Crippen LogP contribution in [0.3, 0.4) is 0 Å². The van der Waals surface area contributed by atoms with E-state index >= 15 is 0 Å². The molecule has 2 aromatic rings. The summed E-state index contributed by atoms with van der Waals surface area (Å²) in [5.74, 6) is -0.298. The largest absolute Gasteiger partial charge is 0.489 e. The van der Waals surface area contributed by atoms with Gasteiger partial charge in [-0.25, -0.2) is 8.78 Å². The van der Waals surface area contributed by atoms with E-state index in [4.69, 9.17) is 4.74 Å². The Morgan fingerprint density at radius 1 is 1.06 bits per heavy atom. The fraction of sp³-hybridized carbons (Fsp3) is 0.143. The van der Waals surface area contributed by atoms with Gasteiger partial charge in [0, 0.05) is 10.9 Å². The van der Waals surface area contributed by atoms with Gasteiger partial charge < -0.3 is 4.74 Å². The molecule has 0 aliphatic carbocycles. The lowest BCUT2D eigenvalue weighted by molar-refractivity contribution is 0.299. The molecule has 0 unspecified atom stereocenters. The highest BCUT2D eigenvalue weighted by Crippen LogP contribution is 2.18. The summed E-state index contributed by atoms with van der Waals surface area (Å²) >= 11 is 3.34. The minimum absolute atomic E-state index is 0.00926. The number of benzene rings is 2. The Labute approximate surface area is 113 Å². The quantitative estimate of drug-likeness (QED) is 0.758. The van der Waals surface area contributed by atoms with Crippen LogP contribution in [-0.2, 0) is 11.9 Å². The third-order valence-electron chi connectivity index (χ3n) is 2.45. The van der Waals surface area contributed by atoms with Crippen LogP contribution in [0, 0.1) is 11.6 Å². The van der Waals surface area contributed by atoms with Crippen LogP contribution < -0.4 is 4.74 Å². The molecule has 0 radical (unpaired) electrons. The lowest BCUT2D eigenvalue weighted by Crippen LogP contribution is -1.99. The Hall–Kier alpha value is -1.42. The third-order valence-corrected chi connectivity index (χ3v) is 3.10. The summed E-state index contributed by atoms with van der Waals surface area (Å²) in [6.07, 6.45) is 0. The number of hydrogen-bond donors (Lipinski definition) is 0. The molecule has 18 heavy (non-hydrogen) atoms. The summed E-state index contributed by atoms with van der Waals surface area (Å²) < 4.78 is 31.8.